The van der Waals surface area contributed by atoms with Gasteiger partial charge in [-0.3, -0.25) is 0 Å². The second-order valence-corrected chi connectivity index (χ2v) is 6.42. The second-order valence-electron chi connectivity index (χ2n) is 4.72. The monoisotopic (exact) mass is 372 g/mol. The smallest absolute Gasteiger partial charge is 0.124 e. The van der Waals surface area contributed by atoms with Crippen molar-refractivity contribution >= 4 is 39.1 Å². The van der Waals surface area contributed by atoms with Crippen LogP contribution in [0.4, 0.5) is 0 Å². The minimum absolute atomic E-state index is 0.216. The van der Waals surface area contributed by atoms with Crippen LogP contribution in [0.15, 0.2) is 34.8 Å². The molecule has 0 aliphatic heterocycles. The van der Waals surface area contributed by atoms with Gasteiger partial charge in [-0.2, -0.15) is 0 Å². The van der Waals surface area contributed by atoms with Crippen LogP contribution in [-0.4, -0.2) is 7.11 Å². The van der Waals surface area contributed by atoms with E-state index in [1.54, 1.807) is 7.11 Å². The van der Waals surface area contributed by atoms with Gasteiger partial charge < -0.3 is 4.74 Å². The standard InChI is InChI=1S/C16H15BrCl2O/c1-9-6-12(7-10(2)16(9)20-3)15(19)11-4-5-14(18)13(17)8-11/h4-8,15H,1-3H3. The number of hydrogen-bond donors (Lipinski definition) is 0. The molecule has 0 aliphatic carbocycles. The largest absolute Gasteiger partial charge is 0.496 e. The molecule has 0 aromatic heterocycles. The Hall–Kier alpha value is -0.700. The normalized spacial score (nSPS) is 12.3. The Kier molecular flexibility index (Phi) is 5.00. The molecule has 0 bridgehead atoms. The van der Waals surface area contributed by atoms with Gasteiger partial charge in [0.25, 0.3) is 0 Å². The molecule has 1 nitrogen and oxygen atoms in total. The Balaban J connectivity index is 2.42. The summed E-state index contributed by atoms with van der Waals surface area (Å²) in [5.74, 6) is 0.912. The lowest BCUT2D eigenvalue weighted by atomic mass is 9.99. The van der Waals surface area contributed by atoms with Gasteiger partial charge in [-0.15, -0.1) is 11.6 Å². The molecule has 106 valence electrons. The van der Waals surface area contributed by atoms with E-state index in [1.165, 1.54) is 0 Å². The molecule has 1 unspecified atom stereocenters. The molecule has 2 aromatic carbocycles. The first-order valence-electron chi connectivity index (χ1n) is 6.18. The molecular weight excluding hydrogens is 359 g/mol. The minimum Gasteiger partial charge on any atom is -0.496 e. The topological polar surface area (TPSA) is 9.23 Å². The zero-order chi connectivity index (χ0) is 14.9. The summed E-state index contributed by atoms with van der Waals surface area (Å²) in [7, 11) is 1.68. The highest BCUT2D eigenvalue weighted by molar-refractivity contribution is 9.10. The molecule has 2 aromatic rings. The second kappa shape index (κ2) is 6.38. The predicted octanol–water partition coefficient (Wildman–Crippen LogP) is 6.06. The van der Waals surface area contributed by atoms with Crippen LogP contribution in [0.3, 0.4) is 0 Å². The number of halogens is 3. The number of rotatable bonds is 3. The van der Waals surface area contributed by atoms with Gasteiger partial charge in [0.2, 0.25) is 0 Å². The van der Waals surface area contributed by atoms with E-state index < -0.39 is 0 Å². The van der Waals surface area contributed by atoms with Crippen LogP contribution in [0, 0.1) is 13.8 Å². The van der Waals surface area contributed by atoms with Gasteiger partial charge in [-0.1, -0.05) is 29.8 Å². The van der Waals surface area contributed by atoms with E-state index in [4.69, 9.17) is 27.9 Å². The van der Waals surface area contributed by atoms with Crippen LogP contribution in [-0.2, 0) is 0 Å². The third-order valence-corrected chi connectivity index (χ3v) is 4.93. The zero-order valence-corrected chi connectivity index (χ0v) is 14.6. The van der Waals surface area contributed by atoms with Crippen molar-refractivity contribution < 1.29 is 4.74 Å². The molecule has 0 fully saturated rings. The molecule has 0 radical (unpaired) electrons. The van der Waals surface area contributed by atoms with Crippen LogP contribution in [0.1, 0.15) is 27.6 Å². The summed E-state index contributed by atoms with van der Waals surface area (Å²) in [5, 5.41) is 0.464. The summed E-state index contributed by atoms with van der Waals surface area (Å²) < 4.78 is 6.23. The molecule has 2 rings (SSSR count). The number of alkyl halides is 1. The molecule has 0 heterocycles. The summed E-state index contributed by atoms with van der Waals surface area (Å²) >= 11 is 16.0. The maximum absolute atomic E-state index is 6.59. The number of hydrogen-bond acceptors (Lipinski definition) is 1. The Morgan fingerprint density at radius 2 is 1.65 bits per heavy atom. The molecule has 0 N–H and O–H groups in total. The van der Waals surface area contributed by atoms with Crippen molar-refractivity contribution in [3.05, 3.63) is 62.1 Å². The number of methoxy groups -OCH3 is 1. The first-order valence-corrected chi connectivity index (χ1v) is 7.79. The molecule has 0 saturated carbocycles. The molecule has 0 amide bonds. The van der Waals surface area contributed by atoms with Crippen LogP contribution in [0.5, 0.6) is 5.75 Å². The van der Waals surface area contributed by atoms with E-state index in [-0.39, 0.29) is 5.38 Å². The average molecular weight is 374 g/mol. The first kappa shape index (κ1) is 15.7. The third kappa shape index (κ3) is 3.13. The van der Waals surface area contributed by atoms with E-state index in [0.29, 0.717) is 5.02 Å². The van der Waals surface area contributed by atoms with E-state index in [1.807, 2.05) is 32.0 Å². The maximum Gasteiger partial charge on any atom is 0.124 e. The average Bonchev–Trinajstić information content (AvgIpc) is 2.40. The molecule has 0 spiro atoms. The van der Waals surface area contributed by atoms with Gasteiger partial charge >= 0.3 is 0 Å². The summed E-state index contributed by atoms with van der Waals surface area (Å²) in [5.41, 5.74) is 4.23. The van der Waals surface area contributed by atoms with Crippen molar-refractivity contribution in [1.82, 2.24) is 0 Å². The highest BCUT2D eigenvalue weighted by atomic mass is 79.9. The van der Waals surface area contributed by atoms with E-state index >= 15 is 0 Å². The van der Waals surface area contributed by atoms with Gasteiger partial charge in [-0.05, 0) is 64.2 Å². The van der Waals surface area contributed by atoms with Crippen molar-refractivity contribution in [2.24, 2.45) is 0 Å². The fourth-order valence-electron chi connectivity index (χ4n) is 2.31. The fraction of sp³-hybridized carbons (Fsp3) is 0.250. The number of ether oxygens (including phenoxy) is 1. The Labute approximate surface area is 138 Å². The molecule has 0 aliphatic rings. The molecule has 4 heteroatoms. The van der Waals surface area contributed by atoms with E-state index in [2.05, 4.69) is 28.1 Å². The molecule has 1 atom stereocenters. The van der Waals surface area contributed by atoms with Crippen molar-refractivity contribution in [1.29, 1.82) is 0 Å². The fourth-order valence-corrected chi connectivity index (χ4v) is 3.09. The lowest BCUT2D eigenvalue weighted by Crippen LogP contribution is -1.98. The first-order chi connectivity index (χ1) is 9.43. The number of benzene rings is 2. The Morgan fingerprint density at radius 3 is 2.15 bits per heavy atom. The summed E-state index contributed by atoms with van der Waals surface area (Å²) in [6.07, 6.45) is 0. The van der Waals surface area contributed by atoms with Crippen LogP contribution in [0.25, 0.3) is 0 Å². The van der Waals surface area contributed by atoms with Crippen LogP contribution in [0.2, 0.25) is 5.02 Å². The van der Waals surface area contributed by atoms with Gasteiger partial charge in [-0.25, -0.2) is 0 Å². The van der Waals surface area contributed by atoms with E-state index in [9.17, 15) is 0 Å². The van der Waals surface area contributed by atoms with Crippen LogP contribution >= 0.6 is 39.1 Å². The van der Waals surface area contributed by atoms with Crippen molar-refractivity contribution in [2.45, 2.75) is 19.2 Å². The SMILES string of the molecule is COc1c(C)cc(C(Cl)c2ccc(Cl)c(Br)c2)cc1C. The molecule has 0 saturated heterocycles. The van der Waals surface area contributed by atoms with Gasteiger partial charge in [0.1, 0.15) is 5.75 Å². The summed E-state index contributed by atoms with van der Waals surface area (Å²) in [6, 6.07) is 9.87. The lowest BCUT2D eigenvalue weighted by molar-refractivity contribution is 0.408. The molecule has 20 heavy (non-hydrogen) atoms. The summed E-state index contributed by atoms with van der Waals surface area (Å²) in [4.78, 5) is 0. The quantitative estimate of drug-likeness (QED) is 0.594. The molecular formula is C16H15BrCl2O. The van der Waals surface area contributed by atoms with Crippen LogP contribution < -0.4 is 4.74 Å². The van der Waals surface area contributed by atoms with Gasteiger partial charge in [0, 0.05) is 4.47 Å². The Bertz CT molecular complexity index is 617. The zero-order valence-electron chi connectivity index (χ0n) is 11.5. The lowest BCUT2D eigenvalue weighted by Gasteiger charge is -2.16. The van der Waals surface area contributed by atoms with Crippen molar-refractivity contribution in [2.75, 3.05) is 7.11 Å². The van der Waals surface area contributed by atoms with Crippen molar-refractivity contribution in [3.63, 3.8) is 0 Å². The van der Waals surface area contributed by atoms with Gasteiger partial charge in [0.15, 0.2) is 0 Å². The third-order valence-electron chi connectivity index (χ3n) is 3.22. The predicted molar refractivity (Wildman–Crippen MR) is 89.3 cm³/mol. The van der Waals surface area contributed by atoms with E-state index in [0.717, 1.165) is 32.5 Å². The minimum atomic E-state index is -0.216. The highest BCUT2D eigenvalue weighted by Crippen LogP contribution is 2.36. The highest BCUT2D eigenvalue weighted by Gasteiger charge is 2.15. The number of aryl methyl sites for hydroxylation is 2. The van der Waals surface area contributed by atoms with Gasteiger partial charge in [0.05, 0.1) is 17.5 Å². The summed E-state index contributed by atoms with van der Waals surface area (Å²) in [6.45, 7) is 4.05. The maximum atomic E-state index is 6.59. The van der Waals surface area contributed by atoms with Crippen molar-refractivity contribution in [3.8, 4) is 5.75 Å². The Morgan fingerprint density at radius 1 is 1.05 bits per heavy atom.